The van der Waals surface area contributed by atoms with Crippen LogP contribution in [-0.2, 0) is 0 Å². The summed E-state index contributed by atoms with van der Waals surface area (Å²) in [5, 5.41) is 29.7. The van der Waals surface area contributed by atoms with Crippen molar-refractivity contribution in [3.63, 3.8) is 0 Å². The Morgan fingerprint density at radius 3 is 2.60 bits per heavy atom. The summed E-state index contributed by atoms with van der Waals surface area (Å²) in [5.74, 6) is 0.647. The molecule has 0 saturated carbocycles. The highest BCUT2D eigenvalue weighted by Crippen LogP contribution is 2.20. The fraction of sp³-hybridized carbons (Fsp3) is 0.458. The number of allylic oxidation sites excluding steroid dienone is 3. The average Bonchev–Trinajstić information content (AvgIpc) is 2.71. The van der Waals surface area contributed by atoms with E-state index in [0.29, 0.717) is 30.8 Å². The van der Waals surface area contributed by atoms with Crippen LogP contribution in [0.3, 0.4) is 0 Å². The zero-order valence-corrected chi connectivity index (χ0v) is 17.9. The standard InChI is InChI=1S/C24H32O6/c1-17(7-11-22(26)24(3,28)16-25)5-4-6-18(2)13-14-29-20-10-8-19-9-12-23(27)30-21(19)15-20/h5,8-10,12-13,15,22,25-26,28H,4,6-7,11,14,16H2,1-3H3. The molecule has 2 atom stereocenters. The van der Waals surface area contributed by atoms with Crippen molar-refractivity contribution < 1.29 is 24.5 Å². The van der Waals surface area contributed by atoms with Gasteiger partial charge in [0.2, 0.25) is 0 Å². The van der Waals surface area contributed by atoms with E-state index in [1.165, 1.54) is 18.6 Å². The minimum Gasteiger partial charge on any atom is -0.489 e. The van der Waals surface area contributed by atoms with Crippen LogP contribution in [-0.4, -0.2) is 40.2 Å². The number of fused-ring (bicyclic) bond motifs is 1. The summed E-state index contributed by atoms with van der Waals surface area (Å²) in [6.45, 7) is 5.45. The average molecular weight is 417 g/mol. The van der Waals surface area contributed by atoms with Gasteiger partial charge in [-0.05, 0) is 70.7 Å². The molecule has 0 radical (unpaired) electrons. The van der Waals surface area contributed by atoms with E-state index in [2.05, 4.69) is 6.08 Å². The fourth-order valence-electron chi connectivity index (χ4n) is 2.94. The number of hydrogen-bond acceptors (Lipinski definition) is 6. The first kappa shape index (κ1) is 23.9. The number of ether oxygens (including phenoxy) is 1. The molecular formula is C24H32O6. The Labute approximate surface area is 177 Å². The Kier molecular flexibility index (Phi) is 8.84. The van der Waals surface area contributed by atoms with Gasteiger partial charge in [-0.3, -0.25) is 0 Å². The van der Waals surface area contributed by atoms with Crippen LogP contribution < -0.4 is 10.4 Å². The smallest absolute Gasteiger partial charge is 0.336 e. The second kappa shape index (κ2) is 11.1. The molecule has 0 aliphatic heterocycles. The zero-order valence-electron chi connectivity index (χ0n) is 17.9. The van der Waals surface area contributed by atoms with Gasteiger partial charge in [0.25, 0.3) is 0 Å². The van der Waals surface area contributed by atoms with Crippen LogP contribution in [0.4, 0.5) is 0 Å². The van der Waals surface area contributed by atoms with E-state index in [4.69, 9.17) is 14.3 Å². The number of aliphatic hydroxyl groups is 3. The lowest BCUT2D eigenvalue weighted by Gasteiger charge is -2.26. The molecule has 0 aliphatic carbocycles. The van der Waals surface area contributed by atoms with Gasteiger partial charge in [-0.2, -0.15) is 0 Å². The van der Waals surface area contributed by atoms with Gasteiger partial charge < -0.3 is 24.5 Å². The first-order valence-corrected chi connectivity index (χ1v) is 10.2. The lowest BCUT2D eigenvalue weighted by atomic mass is 9.94. The van der Waals surface area contributed by atoms with Gasteiger partial charge in [-0.25, -0.2) is 4.79 Å². The fourth-order valence-corrected chi connectivity index (χ4v) is 2.94. The SMILES string of the molecule is CC(=CCOc1ccc2ccc(=O)oc2c1)CCC=C(C)CCC(O)C(C)(O)CO. The lowest BCUT2D eigenvalue weighted by Crippen LogP contribution is -2.42. The Balaban J connectivity index is 1.76. The minimum absolute atomic E-state index is 0.382. The molecule has 1 aromatic carbocycles. The lowest BCUT2D eigenvalue weighted by molar-refractivity contribution is -0.0942. The third-order valence-corrected chi connectivity index (χ3v) is 5.16. The Morgan fingerprint density at radius 2 is 1.87 bits per heavy atom. The van der Waals surface area contributed by atoms with E-state index >= 15 is 0 Å². The van der Waals surface area contributed by atoms with Crippen molar-refractivity contribution in [2.75, 3.05) is 13.2 Å². The molecule has 6 heteroatoms. The number of benzene rings is 1. The second-order valence-corrected chi connectivity index (χ2v) is 7.97. The predicted molar refractivity (Wildman–Crippen MR) is 118 cm³/mol. The molecule has 0 fully saturated rings. The minimum atomic E-state index is -1.46. The Hall–Kier alpha value is -2.41. The van der Waals surface area contributed by atoms with Crippen LogP contribution in [0.25, 0.3) is 11.0 Å². The van der Waals surface area contributed by atoms with Gasteiger partial charge in [0, 0.05) is 17.5 Å². The van der Waals surface area contributed by atoms with E-state index in [0.717, 1.165) is 23.8 Å². The molecule has 1 heterocycles. The summed E-state index contributed by atoms with van der Waals surface area (Å²) in [6, 6.07) is 8.54. The van der Waals surface area contributed by atoms with Crippen molar-refractivity contribution >= 4 is 11.0 Å². The molecule has 2 rings (SSSR count). The monoisotopic (exact) mass is 416 g/mol. The van der Waals surface area contributed by atoms with Crippen molar-refractivity contribution in [3.8, 4) is 5.75 Å². The largest absolute Gasteiger partial charge is 0.489 e. The van der Waals surface area contributed by atoms with E-state index in [1.807, 2.05) is 32.1 Å². The van der Waals surface area contributed by atoms with Gasteiger partial charge in [-0.1, -0.05) is 17.2 Å². The van der Waals surface area contributed by atoms with Crippen LogP contribution in [0.15, 0.2) is 62.8 Å². The molecule has 0 amide bonds. The second-order valence-electron chi connectivity index (χ2n) is 7.97. The molecule has 2 aromatic rings. The summed E-state index contributed by atoms with van der Waals surface area (Å²) >= 11 is 0. The molecule has 0 spiro atoms. The van der Waals surface area contributed by atoms with E-state index in [1.54, 1.807) is 12.1 Å². The zero-order chi connectivity index (χ0) is 22.1. The van der Waals surface area contributed by atoms with Crippen molar-refractivity contribution in [3.05, 3.63) is 64.1 Å². The highest BCUT2D eigenvalue weighted by molar-refractivity contribution is 5.77. The summed E-state index contributed by atoms with van der Waals surface area (Å²) in [4.78, 5) is 11.3. The van der Waals surface area contributed by atoms with E-state index < -0.39 is 18.3 Å². The number of hydrogen-bond donors (Lipinski definition) is 3. The first-order chi connectivity index (χ1) is 14.2. The number of aliphatic hydroxyl groups excluding tert-OH is 2. The van der Waals surface area contributed by atoms with Gasteiger partial charge in [-0.15, -0.1) is 0 Å². The molecule has 164 valence electrons. The predicted octanol–water partition coefficient (Wildman–Crippen LogP) is 3.73. The van der Waals surface area contributed by atoms with Crippen molar-refractivity contribution in [2.45, 2.75) is 58.2 Å². The third kappa shape index (κ3) is 7.44. The Morgan fingerprint density at radius 1 is 1.17 bits per heavy atom. The highest BCUT2D eigenvalue weighted by Gasteiger charge is 2.28. The van der Waals surface area contributed by atoms with Crippen LogP contribution in [0.1, 0.15) is 46.5 Å². The van der Waals surface area contributed by atoms with Crippen LogP contribution in [0.5, 0.6) is 5.75 Å². The van der Waals surface area contributed by atoms with Gasteiger partial charge >= 0.3 is 5.63 Å². The maximum Gasteiger partial charge on any atom is 0.336 e. The summed E-state index contributed by atoms with van der Waals surface area (Å²) < 4.78 is 10.9. The third-order valence-electron chi connectivity index (χ3n) is 5.16. The molecular weight excluding hydrogens is 384 g/mol. The highest BCUT2D eigenvalue weighted by atomic mass is 16.5. The summed E-state index contributed by atoms with van der Waals surface area (Å²) in [5.41, 5.74) is 1.01. The maximum absolute atomic E-state index is 11.3. The normalized spacial score (nSPS) is 15.8. The molecule has 1 aromatic heterocycles. The van der Waals surface area contributed by atoms with Crippen LogP contribution in [0, 0.1) is 0 Å². The maximum atomic E-state index is 11.3. The quantitative estimate of drug-likeness (QED) is 0.381. The molecule has 6 nitrogen and oxygen atoms in total. The van der Waals surface area contributed by atoms with Crippen molar-refractivity contribution in [1.29, 1.82) is 0 Å². The molecule has 30 heavy (non-hydrogen) atoms. The van der Waals surface area contributed by atoms with Crippen molar-refractivity contribution in [1.82, 2.24) is 0 Å². The van der Waals surface area contributed by atoms with E-state index in [-0.39, 0.29) is 5.63 Å². The van der Waals surface area contributed by atoms with Crippen LogP contribution in [0.2, 0.25) is 0 Å². The topological polar surface area (TPSA) is 100 Å². The summed E-state index contributed by atoms with van der Waals surface area (Å²) in [6.07, 6.45) is 6.05. The van der Waals surface area contributed by atoms with Gasteiger partial charge in [0.05, 0.1) is 12.7 Å². The number of rotatable bonds is 11. The van der Waals surface area contributed by atoms with Gasteiger partial charge in [0.15, 0.2) is 0 Å². The first-order valence-electron chi connectivity index (χ1n) is 10.2. The Bertz CT molecular complexity index is 938. The molecule has 0 saturated heterocycles. The van der Waals surface area contributed by atoms with Crippen molar-refractivity contribution in [2.24, 2.45) is 0 Å². The molecule has 0 aliphatic rings. The molecule has 3 N–H and O–H groups in total. The van der Waals surface area contributed by atoms with Gasteiger partial charge in [0.1, 0.15) is 23.5 Å². The molecule has 0 bridgehead atoms. The van der Waals surface area contributed by atoms with Crippen LogP contribution >= 0.6 is 0 Å². The summed E-state index contributed by atoms with van der Waals surface area (Å²) in [7, 11) is 0. The van der Waals surface area contributed by atoms with E-state index in [9.17, 15) is 15.0 Å². The molecule has 2 unspecified atom stereocenters.